The molecule has 2 rings (SSSR count). The Morgan fingerprint density at radius 1 is 1.18 bits per heavy atom. The summed E-state index contributed by atoms with van der Waals surface area (Å²) in [5, 5.41) is 8.74. The van der Waals surface area contributed by atoms with Crippen LogP contribution in [0.25, 0.3) is 11.1 Å². The van der Waals surface area contributed by atoms with Crippen LogP contribution in [-0.4, -0.2) is 4.98 Å². The molecule has 0 aliphatic carbocycles. The molecule has 0 spiro atoms. The van der Waals surface area contributed by atoms with Crippen molar-refractivity contribution in [1.82, 2.24) is 4.98 Å². The first-order valence-electron chi connectivity index (χ1n) is 5.49. The van der Waals surface area contributed by atoms with Crippen LogP contribution in [0.4, 0.5) is 4.39 Å². The van der Waals surface area contributed by atoms with Crippen LogP contribution in [0, 0.1) is 17.1 Å². The summed E-state index contributed by atoms with van der Waals surface area (Å²) in [6, 6.07) is 8.73. The molecule has 17 heavy (non-hydrogen) atoms. The number of nitrogens with zero attached hydrogens (tertiary/aromatic N) is 1. The second kappa shape index (κ2) is 4.42. The number of hydrogen-bond donors (Lipinski definition) is 1. The van der Waals surface area contributed by atoms with Gasteiger partial charge in [-0.15, -0.1) is 0 Å². The lowest BCUT2D eigenvalue weighted by molar-refractivity contribution is 0.624. The van der Waals surface area contributed by atoms with Crippen LogP contribution in [0.3, 0.4) is 0 Å². The zero-order valence-electron chi connectivity index (χ0n) is 9.79. The molecule has 0 atom stereocenters. The molecule has 0 amide bonds. The minimum absolute atomic E-state index is 0.245. The quantitative estimate of drug-likeness (QED) is 0.833. The number of aromatic amines is 1. The normalized spacial score (nSPS) is 10.5. The number of H-pyrrole nitrogens is 1. The Labute approximate surface area is 99.7 Å². The zero-order valence-corrected chi connectivity index (χ0v) is 9.79. The van der Waals surface area contributed by atoms with Crippen LogP contribution in [0.5, 0.6) is 0 Å². The van der Waals surface area contributed by atoms with Gasteiger partial charge in [-0.3, -0.25) is 0 Å². The lowest BCUT2D eigenvalue weighted by atomic mass is 9.98. The topological polar surface area (TPSA) is 39.6 Å². The minimum atomic E-state index is -0.245. The van der Waals surface area contributed by atoms with E-state index < -0.39 is 0 Å². The molecule has 0 radical (unpaired) electrons. The lowest BCUT2D eigenvalue weighted by Gasteiger charge is -2.07. The maximum atomic E-state index is 13.5. The highest BCUT2D eigenvalue weighted by Crippen LogP contribution is 2.26. The van der Waals surface area contributed by atoms with Gasteiger partial charge in [-0.2, -0.15) is 5.26 Å². The van der Waals surface area contributed by atoms with Crippen molar-refractivity contribution >= 4 is 0 Å². The van der Waals surface area contributed by atoms with Crippen molar-refractivity contribution in [3.05, 3.63) is 47.5 Å². The lowest BCUT2D eigenvalue weighted by Crippen LogP contribution is -1.90. The fourth-order valence-electron chi connectivity index (χ4n) is 1.74. The third-order valence-electron chi connectivity index (χ3n) is 2.72. The average molecular weight is 228 g/mol. The smallest absolute Gasteiger partial charge is 0.124 e. The number of hydrogen-bond acceptors (Lipinski definition) is 1. The monoisotopic (exact) mass is 228 g/mol. The summed E-state index contributed by atoms with van der Waals surface area (Å²) in [5.74, 6) is 0.0322. The van der Waals surface area contributed by atoms with E-state index in [0.717, 1.165) is 16.7 Å². The number of nitriles is 1. The number of nitrogens with one attached hydrogen (secondary N) is 1. The van der Waals surface area contributed by atoms with E-state index in [0.29, 0.717) is 5.69 Å². The molecule has 1 N–H and O–H groups in total. The summed E-state index contributed by atoms with van der Waals surface area (Å²) in [5.41, 5.74) is 3.07. The highest BCUT2D eigenvalue weighted by Gasteiger charge is 2.07. The Bertz CT molecular complexity index is 576. The van der Waals surface area contributed by atoms with Gasteiger partial charge < -0.3 is 4.98 Å². The first kappa shape index (κ1) is 11.4. The third-order valence-corrected chi connectivity index (χ3v) is 2.72. The van der Waals surface area contributed by atoms with Gasteiger partial charge in [0.15, 0.2) is 0 Å². The molecule has 0 saturated carbocycles. The van der Waals surface area contributed by atoms with Gasteiger partial charge in [0, 0.05) is 11.8 Å². The molecule has 86 valence electrons. The second-order valence-electron chi connectivity index (χ2n) is 4.34. The Balaban J connectivity index is 2.48. The van der Waals surface area contributed by atoms with Gasteiger partial charge in [-0.1, -0.05) is 19.9 Å². The van der Waals surface area contributed by atoms with E-state index in [1.54, 1.807) is 18.3 Å². The van der Waals surface area contributed by atoms with E-state index in [9.17, 15) is 4.39 Å². The highest BCUT2D eigenvalue weighted by atomic mass is 19.1. The molecule has 2 aromatic rings. The predicted molar refractivity (Wildman–Crippen MR) is 65.0 cm³/mol. The van der Waals surface area contributed by atoms with Crippen LogP contribution in [-0.2, 0) is 0 Å². The molecular weight excluding hydrogens is 215 g/mol. The van der Waals surface area contributed by atoms with Crippen LogP contribution in [0.2, 0.25) is 0 Å². The van der Waals surface area contributed by atoms with E-state index in [1.807, 2.05) is 26.0 Å². The standard InChI is InChI=1S/C14H13FN2/c1-9(2)10-3-11(5-13(15)4-10)12-6-14(7-16)17-8-12/h3-6,8-9,17H,1-2H3. The third kappa shape index (κ3) is 2.36. The second-order valence-corrected chi connectivity index (χ2v) is 4.34. The molecule has 0 unspecified atom stereocenters. The summed E-state index contributed by atoms with van der Waals surface area (Å²) in [6.45, 7) is 4.05. The van der Waals surface area contributed by atoms with Gasteiger partial charge in [0.05, 0.1) is 0 Å². The SMILES string of the molecule is CC(C)c1cc(F)cc(-c2c[nH]c(C#N)c2)c1. The van der Waals surface area contributed by atoms with Crippen molar-refractivity contribution in [3.8, 4) is 17.2 Å². The Morgan fingerprint density at radius 3 is 2.53 bits per heavy atom. The molecular formula is C14H13FN2. The van der Waals surface area contributed by atoms with Crippen molar-refractivity contribution in [2.75, 3.05) is 0 Å². The maximum Gasteiger partial charge on any atom is 0.124 e. The molecule has 0 aliphatic heterocycles. The van der Waals surface area contributed by atoms with Crippen LogP contribution in [0.15, 0.2) is 30.5 Å². The fourth-order valence-corrected chi connectivity index (χ4v) is 1.74. The van der Waals surface area contributed by atoms with Crippen molar-refractivity contribution in [3.63, 3.8) is 0 Å². The van der Waals surface area contributed by atoms with Gasteiger partial charge in [0.2, 0.25) is 0 Å². The fraction of sp³-hybridized carbons (Fsp3) is 0.214. The van der Waals surface area contributed by atoms with Crippen LogP contribution >= 0.6 is 0 Å². The summed E-state index contributed by atoms with van der Waals surface area (Å²) < 4.78 is 13.5. The molecule has 0 saturated heterocycles. The van der Waals surface area contributed by atoms with Gasteiger partial charge in [0.1, 0.15) is 17.6 Å². The van der Waals surface area contributed by atoms with E-state index in [-0.39, 0.29) is 11.7 Å². The van der Waals surface area contributed by atoms with E-state index >= 15 is 0 Å². The van der Waals surface area contributed by atoms with E-state index in [2.05, 4.69) is 4.98 Å². The number of halogens is 1. The zero-order chi connectivity index (χ0) is 12.4. The molecule has 3 heteroatoms. The van der Waals surface area contributed by atoms with Gasteiger partial charge in [-0.25, -0.2) is 4.39 Å². The number of aromatic nitrogens is 1. The summed E-state index contributed by atoms with van der Waals surface area (Å²) in [7, 11) is 0. The number of benzene rings is 1. The summed E-state index contributed by atoms with van der Waals surface area (Å²) >= 11 is 0. The Morgan fingerprint density at radius 2 is 1.94 bits per heavy atom. The van der Waals surface area contributed by atoms with Crippen molar-refractivity contribution in [1.29, 1.82) is 5.26 Å². The van der Waals surface area contributed by atoms with E-state index in [4.69, 9.17) is 5.26 Å². The average Bonchev–Trinajstić information content (AvgIpc) is 2.76. The minimum Gasteiger partial charge on any atom is -0.353 e. The Kier molecular flexibility index (Phi) is 2.97. The highest BCUT2D eigenvalue weighted by molar-refractivity contribution is 5.65. The molecule has 1 aromatic heterocycles. The molecule has 2 nitrogen and oxygen atoms in total. The first-order chi connectivity index (χ1) is 8.10. The molecule has 0 aliphatic rings. The van der Waals surface area contributed by atoms with E-state index in [1.165, 1.54) is 6.07 Å². The van der Waals surface area contributed by atoms with Crippen molar-refractivity contribution in [2.45, 2.75) is 19.8 Å². The van der Waals surface area contributed by atoms with Gasteiger partial charge >= 0.3 is 0 Å². The van der Waals surface area contributed by atoms with Crippen LogP contribution < -0.4 is 0 Å². The van der Waals surface area contributed by atoms with Gasteiger partial charge in [-0.05, 0) is 35.2 Å². The summed E-state index contributed by atoms with van der Waals surface area (Å²) in [6.07, 6.45) is 1.72. The van der Waals surface area contributed by atoms with Gasteiger partial charge in [0.25, 0.3) is 0 Å². The van der Waals surface area contributed by atoms with Crippen molar-refractivity contribution < 1.29 is 4.39 Å². The van der Waals surface area contributed by atoms with Crippen molar-refractivity contribution in [2.24, 2.45) is 0 Å². The predicted octanol–water partition coefficient (Wildman–Crippen LogP) is 3.82. The first-order valence-corrected chi connectivity index (χ1v) is 5.49. The summed E-state index contributed by atoms with van der Waals surface area (Å²) in [4.78, 5) is 2.84. The number of rotatable bonds is 2. The molecule has 1 aromatic carbocycles. The maximum absolute atomic E-state index is 13.5. The molecule has 0 fully saturated rings. The largest absolute Gasteiger partial charge is 0.353 e. The Hall–Kier alpha value is -2.08. The molecule has 0 bridgehead atoms. The van der Waals surface area contributed by atoms with Crippen LogP contribution in [0.1, 0.15) is 31.0 Å². The molecule has 1 heterocycles.